The molecule has 170 valence electrons. The molecule has 0 fully saturated rings. The summed E-state index contributed by atoms with van der Waals surface area (Å²) in [7, 11) is 0.200. The van der Waals surface area contributed by atoms with Gasteiger partial charge >= 0.3 is 6.03 Å². The number of fused-ring (bicyclic) bond motifs is 2. The van der Waals surface area contributed by atoms with Gasteiger partial charge in [-0.15, -0.1) is 0 Å². The molecule has 2 aliphatic rings. The van der Waals surface area contributed by atoms with Crippen molar-refractivity contribution in [1.29, 1.82) is 0 Å². The summed E-state index contributed by atoms with van der Waals surface area (Å²) in [5.74, 6) is 0.867. The molecule has 1 aromatic heterocycles. The van der Waals surface area contributed by atoms with E-state index in [0.29, 0.717) is 30.3 Å². The number of nitrogens with one attached hydrogen (secondary N) is 1. The number of benzene rings is 2. The highest BCUT2D eigenvalue weighted by Crippen LogP contribution is 2.35. The molecule has 9 nitrogen and oxygen atoms in total. The number of hydrogen-bond donors (Lipinski definition) is 1. The van der Waals surface area contributed by atoms with E-state index in [1.54, 1.807) is 36.3 Å². The van der Waals surface area contributed by atoms with E-state index in [0.717, 1.165) is 15.7 Å². The molecule has 2 aromatic carbocycles. The third-order valence-electron chi connectivity index (χ3n) is 5.81. The molecular formula is C22H21BrN6O3S. The molecule has 3 heterocycles. The molecule has 0 radical (unpaired) electrons. The average molecular weight is 529 g/mol. The highest BCUT2D eigenvalue weighted by Gasteiger charge is 2.32. The highest BCUT2D eigenvalue weighted by atomic mass is 79.9. The van der Waals surface area contributed by atoms with Crippen molar-refractivity contribution in [3.05, 3.63) is 58.7 Å². The summed E-state index contributed by atoms with van der Waals surface area (Å²) in [6, 6.07) is 12.5. The number of rotatable bonds is 3. The Bertz CT molecular complexity index is 1380. The third kappa shape index (κ3) is 3.80. The smallest absolute Gasteiger partial charge is 0.330 e. The normalized spacial score (nSPS) is 16.9. The molecule has 1 N–H and O–H groups in total. The largest absolute Gasteiger partial charge is 0.373 e. The van der Waals surface area contributed by atoms with Crippen LogP contribution in [0, 0.1) is 0 Å². The second-order valence-electron chi connectivity index (χ2n) is 7.97. The van der Waals surface area contributed by atoms with Crippen LogP contribution in [0.15, 0.2) is 58.0 Å². The van der Waals surface area contributed by atoms with Crippen molar-refractivity contribution in [1.82, 2.24) is 9.97 Å². The first kappa shape index (κ1) is 21.7. The predicted molar refractivity (Wildman–Crippen MR) is 131 cm³/mol. The molecular weight excluding hydrogens is 508 g/mol. The van der Waals surface area contributed by atoms with E-state index < -0.39 is 9.84 Å². The number of para-hydroxylation sites is 1. The van der Waals surface area contributed by atoms with E-state index >= 15 is 0 Å². The summed E-state index contributed by atoms with van der Waals surface area (Å²) in [6.45, 7) is 0.803. The number of carbonyl (C=O) groups excluding carboxylic acids is 1. The van der Waals surface area contributed by atoms with E-state index in [1.165, 1.54) is 4.90 Å². The van der Waals surface area contributed by atoms with Crippen molar-refractivity contribution in [2.45, 2.75) is 11.4 Å². The SMILES string of the molecule is CN1CCS(=O)(=O)c2cc(Nc3ncc4c(n3)N(C)C(=O)N(c3ccccc3Br)C4)ccc21. The number of nitrogens with zero attached hydrogens (tertiary/aromatic N) is 5. The third-order valence-corrected chi connectivity index (χ3v) is 8.19. The van der Waals surface area contributed by atoms with Crippen LogP contribution in [0.1, 0.15) is 5.56 Å². The van der Waals surface area contributed by atoms with Crippen molar-refractivity contribution < 1.29 is 13.2 Å². The van der Waals surface area contributed by atoms with Gasteiger partial charge in [0, 0.05) is 42.6 Å². The Morgan fingerprint density at radius 2 is 1.88 bits per heavy atom. The molecule has 0 unspecified atom stereocenters. The Kier molecular flexibility index (Phi) is 5.25. The number of halogens is 1. The van der Waals surface area contributed by atoms with Crippen molar-refractivity contribution in [2.24, 2.45) is 0 Å². The summed E-state index contributed by atoms with van der Waals surface area (Å²) in [5.41, 5.74) is 2.80. The van der Waals surface area contributed by atoms with Crippen molar-refractivity contribution in [3.8, 4) is 0 Å². The lowest BCUT2D eigenvalue weighted by atomic mass is 10.2. The van der Waals surface area contributed by atoms with Crippen LogP contribution in [0.5, 0.6) is 0 Å². The van der Waals surface area contributed by atoms with E-state index in [4.69, 9.17) is 0 Å². The highest BCUT2D eigenvalue weighted by molar-refractivity contribution is 9.10. The van der Waals surface area contributed by atoms with Gasteiger partial charge in [0.1, 0.15) is 5.82 Å². The van der Waals surface area contributed by atoms with E-state index in [2.05, 4.69) is 31.2 Å². The Balaban J connectivity index is 1.45. The average Bonchev–Trinajstić information content (AvgIpc) is 2.80. The maximum Gasteiger partial charge on any atom is 0.330 e. The van der Waals surface area contributed by atoms with Gasteiger partial charge in [-0.2, -0.15) is 4.98 Å². The number of amides is 2. The summed E-state index contributed by atoms with van der Waals surface area (Å²) in [6.07, 6.45) is 1.68. The van der Waals surface area contributed by atoms with Crippen molar-refractivity contribution in [2.75, 3.05) is 46.4 Å². The van der Waals surface area contributed by atoms with Gasteiger partial charge in [-0.3, -0.25) is 9.80 Å². The molecule has 0 atom stereocenters. The Morgan fingerprint density at radius 3 is 2.67 bits per heavy atom. The summed E-state index contributed by atoms with van der Waals surface area (Å²) in [4.78, 5) is 27.3. The molecule has 0 bridgehead atoms. The van der Waals surface area contributed by atoms with E-state index in [-0.39, 0.29) is 22.6 Å². The maximum atomic E-state index is 13.1. The zero-order valence-electron chi connectivity index (χ0n) is 18.0. The van der Waals surface area contributed by atoms with Crippen molar-refractivity contribution >= 4 is 60.6 Å². The molecule has 0 aliphatic carbocycles. The first-order valence-electron chi connectivity index (χ1n) is 10.3. The zero-order valence-corrected chi connectivity index (χ0v) is 20.4. The maximum absolute atomic E-state index is 13.1. The number of carbonyl (C=O) groups is 1. The lowest BCUT2D eigenvalue weighted by Crippen LogP contribution is -2.46. The first-order chi connectivity index (χ1) is 15.7. The second-order valence-corrected chi connectivity index (χ2v) is 10.9. The van der Waals surface area contributed by atoms with Gasteiger partial charge in [0.05, 0.1) is 28.6 Å². The van der Waals surface area contributed by atoms with Gasteiger partial charge in [0.15, 0.2) is 9.84 Å². The van der Waals surface area contributed by atoms with Gasteiger partial charge in [-0.1, -0.05) is 12.1 Å². The minimum Gasteiger partial charge on any atom is -0.373 e. The molecule has 3 aromatic rings. The number of anilines is 5. The predicted octanol–water partition coefficient (Wildman–Crippen LogP) is 3.78. The van der Waals surface area contributed by atoms with Crippen LogP contribution in [0.2, 0.25) is 0 Å². The van der Waals surface area contributed by atoms with Gasteiger partial charge in [-0.05, 0) is 46.3 Å². The minimum atomic E-state index is -3.34. The monoisotopic (exact) mass is 528 g/mol. The van der Waals surface area contributed by atoms with Crippen LogP contribution in [-0.4, -0.2) is 50.8 Å². The van der Waals surface area contributed by atoms with Crippen LogP contribution in [0.4, 0.5) is 33.6 Å². The quantitative estimate of drug-likeness (QED) is 0.552. The molecule has 11 heteroatoms. The van der Waals surface area contributed by atoms with Crippen LogP contribution < -0.4 is 20.0 Å². The summed E-state index contributed by atoms with van der Waals surface area (Å²) < 4.78 is 25.9. The van der Waals surface area contributed by atoms with Gasteiger partial charge < -0.3 is 10.2 Å². The second kappa shape index (κ2) is 7.99. The van der Waals surface area contributed by atoms with Crippen molar-refractivity contribution in [3.63, 3.8) is 0 Å². The van der Waals surface area contributed by atoms with Crippen LogP contribution in [0.25, 0.3) is 0 Å². The van der Waals surface area contributed by atoms with Crippen LogP contribution in [0.3, 0.4) is 0 Å². The fourth-order valence-corrected chi connectivity index (χ4v) is 6.08. The Hall–Kier alpha value is -3.18. The molecule has 33 heavy (non-hydrogen) atoms. The fourth-order valence-electron chi connectivity index (χ4n) is 4.00. The number of sulfone groups is 1. The fraction of sp³-hybridized carbons (Fsp3) is 0.227. The Labute approximate surface area is 200 Å². The number of urea groups is 1. The minimum absolute atomic E-state index is 0.0796. The molecule has 5 rings (SSSR count). The zero-order chi connectivity index (χ0) is 23.3. The van der Waals surface area contributed by atoms with Gasteiger partial charge in [-0.25, -0.2) is 18.2 Å². The molecule has 2 amide bonds. The number of hydrogen-bond acceptors (Lipinski definition) is 7. The molecule has 2 aliphatic heterocycles. The molecule has 0 saturated carbocycles. The lowest BCUT2D eigenvalue weighted by Gasteiger charge is -2.34. The van der Waals surface area contributed by atoms with E-state index in [1.807, 2.05) is 36.2 Å². The van der Waals surface area contributed by atoms with Gasteiger partial charge in [0.25, 0.3) is 0 Å². The number of aromatic nitrogens is 2. The van der Waals surface area contributed by atoms with Crippen LogP contribution >= 0.6 is 15.9 Å². The van der Waals surface area contributed by atoms with Crippen LogP contribution in [-0.2, 0) is 16.4 Å². The standard InChI is InChI=1S/C22H21BrN6O3S/c1-27-9-10-33(31,32)19-11-15(7-8-18(19)27)25-21-24-12-14-13-29(17-6-4-3-5-16(17)23)22(30)28(2)20(14)26-21/h3-8,11-12H,9-10,13H2,1-2H3,(H,24,25,26). The lowest BCUT2D eigenvalue weighted by molar-refractivity contribution is 0.251. The molecule has 0 spiro atoms. The van der Waals surface area contributed by atoms with Gasteiger partial charge in [0.2, 0.25) is 5.95 Å². The topological polar surface area (TPSA) is 98.7 Å². The molecule has 0 saturated heterocycles. The summed E-state index contributed by atoms with van der Waals surface area (Å²) in [5, 5.41) is 3.08. The Morgan fingerprint density at radius 1 is 1.09 bits per heavy atom. The first-order valence-corrected chi connectivity index (χ1v) is 12.7. The van der Waals surface area contributed by atoms with E-state index in [9.17, 15) is 13.2 Å². The summed E-state index contributed by atoms with van der Waals surface area (Å²) >= 11 is 3.51.